The number of nitrogens with zero attached hydrogens (tertiary/aromatic N) is 1. The van der Waals surface area contributed by atoms with Crippen LogP contribution in [0.4, 0.5) is 0 Å². The highest BCUT2D eigenvalue weighted by Crippen LogP contribution is 2.40. The number of oxazole rings is 1. The number of nitrogens with one attached hydrogen (secondary N) is 1. The summed E-state index contributed by atoms with van der Waals surface area (Å²) in [7, 11) is 2.06. The molecule has 2 aromatic rings. The van der Waals surface area contributed by atoms with Gasteiger partial charge in [-0.05, 0) is 43.9 Å². The quantitative estimate of drug-likeness (QED) is 0.929. The van der Waals surface area contributed by atoms with E-state index in [2.05, 4.69) is 31.2 Å². The molecule has 4 heteroatoms. The Bertz CT molecular complexity index is 550. The number of benzene rings is 1. The van der Waals surface area contributed by atoms with Crippen LogP contribution in [0.1, 0.15) is 26.7 Å². The van der Waals surface area contributed by atoms with Crippen LogP contribution in [-0.2, 0) is 0 Å². The van der Waals surface area contributed by atoms with Crippen LogP contribution in [0.25, 0.3) is 11.1 Å². The molecular formula is C16H22N2OS. The molecule has 20 heavy (non-hydrogen) atoms. The molecule has 1 N–H and O–H groups in total. The molecule has 0 radical (unpaired) electrons. The first kappa shape index (κ1) is 14.0. The molecule has 1 aliphatic rings. The number of thioether (sulfide) groups is 1. The lowest BCUT2D eigenvalue weighted by molar-refractivity contribution is 0.256. The zero-order valence-corrected chi connectivity index (χ0v) is 13.1. The largest absolute Gasteiger partial charge is 0.431 e. The van der Waals surface area contributed by atoms with Crippen LogP contribution in [0, 0.1) is 11.8 Å². The van der Waals surface area contributed by atoms with Gasteiger partial charge in [-0.25, -0.2) is 4.98 Å². The number of aromatic nitrogens is 1. The molecule has 0 bridgehead atoms. The van der Waals surface area contributed by atoms with E-state index in [0.29, 0.717) is 17.2 Å². The molecule has 1 heterocycles. The van der Waals surface area contributed by atoms with Crippen molar-refractivity contribution in [2.24, 2.45) is 11.8 Å². The Hall–Kier alpha value is -1.00. The van der Waals surface area contributed by atoms with Crippen molar-refractivity contribution in [1.82, 2.24) is 10.3 Å². The van der Waals surface area contributed by atoms with Gasteiger partial charge in [-0.1, -0.05) is 37.7 Å². The molecule has 3 nitrogen and oxygen atoms in total. The van der Waals surface area contributed by atoms with Crippen molar-refractivity contribution < 1.29 is 4.42 Å². The summed E-state index contributed by atoms with van der Waals surface area (Å²) >= 11 is 1.79. The third kappa shape index (κ3) is 2.72. The summed E-state index contributed by atoms with van der Waals surface area (Å²) < 4.78 is 5.86. The van der Waals surface area contributed by atoms with Crippen molar-refractivity contribution in [3.63, 3.8) is 0 Å². The molecule has 1 aromatic heterocycles. The first-order valence-corrected chi connectivity index (χ1v) is 8.25. The van der Waals surface area contributed by atoms with Crippen molar-refractivity contribution in [3.05, 3.63) is 24.3 Å². The van der Waals surface area contributed by atoms with Crippen LogP contribution in [-0.4, -0.2) is 23.3 Å². The summed E-state index contributed by atoms with van der Waals surface area (Å²) in [4.78, 5) is 4.60. The molecule has 0 saturated heterocycles. The second-order valence-electron chi connectivity index (χ2n) is 5.98. The Kier molecular flexibility index (Phi) is 4.03. The van der Waals surface area contributed by atoms with Gasteiger partial charge in [0, 0.05) is 11.3 Å². The molecule has 0 amide bonds. The number of hydrogen-bond donors (Lipinski definition) is 1. The topological polar surface area (TPSA) is 38.1 Å². The fraction of sp³-hybridized carbons (Fsp3) is 0.562. The summed E-state index contributed by atoms with van der Waals surface area (Å²) in [6.07, 6.45) is 2.52. The fourth-order valence-corrected chi connectivity index (χ4v) is 4.60. The maximum atomic E-state index is 5.86. The lowest BCUT2D eigenvalue weighted by atomic mass is 9.80. The van der Waals surface area contributed by atoms with E-state index in [1.165, 1.54) is 12.8 Å². The minimum Gasteiger partial charge on any atom is -0.431 e. The van der Waals surface area contributed by atoms with Crippen LogP contribution in [0.5, 0.6) is 0 Å². The highest BCUT2D eigenvalue weighted by Gasteiger charge is 2.34. The monoisotopic (exact) mass is 290 g/mol. The van der Waals surface area contributed by atoms with Gasteiger partial charge in [-0.2, -0.15) is 0 Å². The van der Waals surface area contributed by atoms with Gasteiger partial charge in [-0.3, -0.25) is 0 Å². The Labute approximate surface area is 124 Å². The summed E-state index contributed by atoms with van der Waals surface area (Å²) in [5.74, 6) is 1.47. The highest BCUT2D eigenvalue weighted by molar-refractivity contribution is 7.99. The maximum Gasteiger partial charge on any atom is 0.257 e. The molecule has 1 aliphatic carbocycles. The lowest BCUT2D eigenvalue weighted by Crippen LogP contribution is -2.44. The minimum atomic E-state index is 0.532. The zero-order valence-electron chi connectivity index (χ0n) is 12.3. The van der Waals surface area contributed by atoms with E-state index in [9.17, 15) is 0 Å². The molecule has 0 spiro atoms. The van der Waals surface area contributed by atoms with E-state index >= 15 is 0 Å². The van der Waals surface area contributed by atoms with Gasteiger partial charge in [0.05, 0.1) is 0 Å². The summed E-state index contributed by atoms with van der Waals surface area (Å²) in [5.41, 5.74) is 1.83. The minimum absolute atomic E-state index is 0.532. The Morgan fingerprint density at radius 2 is 2.05 bits per heavy atom. The number of rotatable bonds is 3. The van der Waals surface area contributed by atoms with Crippen LogP contribution >= 0.6 is 11.8 Å². The van der Waals surface area contributed by atoms with Crippen LogP contribution in [0.15, 0.2) is 33.9 Å². The highest BCUT2D eigenvalue weighted by atomic mass is 32.2. The Morgan fingerprint density at radius 1 is 1.25 bits per heavy atom. The molecule has 3 rings (SSSR count). The molecule has 4 unspecified atom stereocenters. The van der Waals surface area contributed by atoms with Crippen molar-refractivity contribution in [2.45, 2.75) is 43.2 Å². The van der Waals surface area contributed by atoms with E-state index in [4.69, 9.17) is 4.42 Å². The molecule has 1 saturated carbocycles. The number of para-hydroxylation sites is 2. The van der Waals surface area contributed by atoms with Gasteiger partial charge >= 0.3 is 0 Å². The van der Waals surface area contributed by atoms with Gasteiger partial charge in [0.25, 0.3) is 5.22 Å². The van der Waals surface area contributed by atoms with Gasteiger partial charge in [0.1, 0.15) is 5.52 Å². The zero-order chi connectivity index (χ0) is 14.1. The number of hydrogen-bond acceptors (Lipinski definition) is 4. The predicted octanol–water partition coefficient (Wildman–Crippen LogP) is 3.94. The van der Waals surface area contributed by atoms with Crippen molar-refractivity contribution in [2.75, 3.05) is 7.05 Å². The normalized spacial score (nSPS) is 30.8. The third-order valence-corrected chi connectivity index (χ3v) is 5.71. The first-order chi connectivity index (χ1) is 9.67. The molecule has 108 valence electrons. The van der Waals surface area contributed by atoms with Crippen molar-refractivity contribution in [3.8, 4) is 0 Å². The van der Waals surface area contributed by atoms with Crippen LogP contribution < -0.4 is 5.32 Å². The summed E-state index contributed by atoms with van der Waals surface area (Å²) in [5, 5.41) is 4.81. The average Bonchev–Trinajstić information content (AvgIpc) is 2.83. The van der Waals surface area contributed by atoms with Gasteiger partial charge in [0.2, 0.25) is 0 Å². The van der Waals surface area contributed by atoms with Crippen molar-refractivity contribution >= 4 is 22.9 Å². The standard InChI is InChI=1S/C16H22N2OS/c1-10-8-11(2)15(13(9-10)17-3)20-16-18-12-6-4-5-7-14(12)19-16/h4-7,10-11,13,15,17H,8-9H2,1-3H3. The molecule has 1 fully saturated rings. The molecule has 4 atom stereocenters. The maximum absolute atomic E-state index is 5.86. The van der Waals surface area contributed by atoms with E-state index in [0.717, 1.165) is 22.2 Å². The first-order valence-electron chi connectivity index (χ1n) is 7.37. The molecule has 0 aliphatic heterocycles. The average molecular weight is 290 g/mol. The lowest BCUT2D eigenvalue weighted by Gasteiger charge is -2.38. The van der Waals surface area contributed by atoms with Gasteiger partial charge in [-0.15, -0.1) is 0 Å². The van der Waals surface area contributed by atoms with E-state index in [1.807, 2.05) is 24.3 Å². The fourth-order valence-electron chi connectivity index (χ4n) is 3.33. The Morgan fingerprint density at radius 3 is 2.80 bits per heavy atom. The summed E-state index contributed by atoms with van der Waals surface area (Å²) in [6, 6.07) is 8.51. The SMILES string of the molecule is CNC1CC(C)CC(C)C1Sc1nc2ccccc2o1. The van der Waals surface area contributed by atoms with E-state index in [-0.39, 0.29) is 0 Å². The predicted molar refractivity (Wildman–Crippen MR) is 84.1 cm³/mol. The van der Waals surface area contributed by atoms with Crippen LogP contribution in [0.2, 0.25) is 0 Å². The van der Waals surface area contributed by atoms with Gasteiger partial charge in [0.15, 0.2) is 5.58 Å². The van der Waals surface area contributed by atoms with E-state index in [1.54, 1.807) is 11.8 Å². The smallest absolute Gasteiger partial charge is 0.257 e. The molecular weight excluding hydrogens is 268 g/mol. The van der Waals surface area contributed by atoms with Crippen molar-refractivity contribution in [1.29, 1.82) is 0 Å². The molecule has 1 aromatic carbocycles. The number of fused-ring (bicyclic) bond motifs is 1. The second-order valence-corrected chi connectivity index (χ2v) is 7.11. The summed E-state index contributed by atoms with van der Waals surface area (Å²) in [6.45, 7) is 4.70. The van der Waals surface area contributed by atoms with Crippen LogP contribution in [0.3, 0.4) is 0 Å². The van der Waals surface area contributed by atoms with Gasteiger partial charge < -0.3 is 9.73 Å². The van der Waals surface area contributed by atoms with E-state index < -0.39 is 0 Å². The second kappa shape index (κ2) is 5.78. The Balaban J connectivity index is 1.81. The third-order valence-electron chi connectivity index (χ3n) is 4.27.